The minimum atomic E-state index is -0.397. The van der Waals surface area contributed by atoms with E-state index in [9.17, 15) is 14.3 Å². The molecule has 0 atom stereocenters. The molecular formula is C23H27FN4O4. The summed E-state index contributed by atoms with van der Waals surface area (Å²) in [6.07, 6.45) is 4.27. The summed E-state index contributed by atoms with van der Waals surface area (Å²) in [5.74, 6) is 0.0813. The molecule has 9 heteroatoms. The van der Waals surface area contributed by atoms with Gasteiger partial charge in [0.25, 0.3) is 0 Å². The second kappa shape index (κ2) is 11.8. The lowest BCUT2D eigenvalue weighted by Crippen LogP contribution is -2.35. The van der Waals surface area contributed by atoms with Crippen molar-refractivity contribution in [3.63, 3.8) is 0 Å². The fourth-order valence-corrected chi connectivity index (χ4v) is 3.14. The zero-order valence-electron chi connectivity index (χ0n) is 17.6. The largest absolute Gasteiger partial charge is 0.491 e. The monoisotopic (exact) mass is 442 g/mol. The number of aliphatic hydroxyl groups excluding tert-OH is 2. The van der Waals surface area contributed by atoms with Crippen LogP contribution in [-0.2, 0) is 6.54 Å². The van der Waals surface area contributed by atoms with Crippen LogP contribution in [0, 0.1) is 5.82 Å². The zero-order valence-corrected chi connectivity index (χ0v) is 17.6. The number of H-pyrrole nitrogens is 1. The Hall–Kier alpha value is -3.43. The molecule has 2 aromatic carbocycles. The van der Waals surface area contributed by atoms with E-state index in [1.165, 1.54) is 17.0 Å². The average Bonchev–Trinajstić information content (AvgIpc) is 3.33. The van der Waals surface area contributed by atoms with Crippen LogP contribution in [0.3, 0.4) is 0 Å². The number of rotatable bonds is 11. The average molecular weight is 442 g/mol. The van der Waals surface area contributed by atoms with Gasteiger partial charge in [0.2, 0.25) is 0 Å². The number of aromatic nitrogens is 2. The van der Waals surface area contributed by atoms with Crippen molar-refractivity contribution in [2.45, 2.75) is 19.4 Å². The smallest absolute Gasteiger partial charge is 0.322 e. The van der Waals surface area contributed by atoms with Gasteiger partial charge >= 0.3 is 6.03 Å². The number of aromatic amines is 1. The topological polar surface area (TPSA) is 111 Å². The first-order chi connectivity index (χ1) is 15.6. The van der Waals surface area contributed by atoms with Crippen molar-refractivity contribution in [2.75, 3.05) is 31.7 Å². The highest BCUT2D eigenvalue weighted by Crippen LogP contribution is 2.31. The molecule has 1 aromatic heterocycles. The molecule has 0 aliphatic heterocycles. The van der Waals surface area contributed by atoms with Crippen LogP contribution in [0.1, 0.15) is 18.4 Å². The van der Waals surface area contributed by atoms with Crippen LogP contribution < -0.4 is 10.1 Å². The molecule has 32 heavy (non-hydrogen) atoms. The van der Waals surface area contributed by atoms with Gasteiger partial charge in [-0.25, -0.2) is 9.18 Å². The van der Waals surface area contributed by atoms with Crippen molar-refractivity contribution in [3.05, 3.63) is 66.2 Å². The van der Waals surface area contributed by atoms with Gasteiger partial charge in [-0.2, -0.15) is 5.10 Å². The molecular weight excluding hydrogens is 415 g/mol. The molecule has 1 heterocycles. The number of hydrogen-bond donors (Lipinski definition) is 4. The Bertz CT molecular complexity index is 997. The first kappa shape index (κ1) is 23.2. The Morgan fingerprint density at radius 3 is 2.69 bits per heavy atom. The third-order valence-electron chi connectivity index (χ3n) is 4.75. The maximum atomic E-state index is 13.6. The predicted molar refractivity (Wildman–Crippen MR) is 119 cm³/mol. The summed E-state index contributed by atoms with van der Waals surface area (Å²) < 4.78 is 19.4. The van der Waals surface area contributed by atoms with E-state index in [4.69, 9.17) is 9.84 Å². The standard InChI is InChI=1S/C23H27FN4O4/c24-20-5-1-4-17(12-20)16-28(8-2-9-29)23(31)27-21-7-6-18(19-14-25-26-15-19)13-22(21)32-11-3-10-30/h1,4-7,12-15,29-30H,2-3,8-11,16H2,(H,25,26)(H,27,31). The molecule has 3 rings (SSSR count). The second-order valence-electron chi connectivity index (χ2n) is 7.18. The van der Waals surface area contributed by atoms with Crippen LogP contribution in [0.4, 0.5) is 14.9 Å². The molecule has 0 unspecified atom stereocenters. The summed E-state index contributed by atoms with van der Waals surface area (Å²) in [4.78, 5) is 14.5. The molecule has 0 bridgehead atoms. The van der Waals surface area contributed by atoms with E-state index in [1.54, 1.807) is 36.7 Å². The normalized spacial score (nSPS) is 10.7. The van der Waals surface area contributed by atoms with Gasteiger partial charge in [0, 0.05) is 44.5 Å². The number of benzene rings is 2. The summed E-state index contributed by atoms with van der Waals surface area (Å²) in [6.45, 7) is 0.698. The number of carbonyl (C=O) groups is 1. The van der Waals surface area contributed by atoms with E-state index < -0.39 is 6.03 Å². The highest BCUT2D eigenvalue weighted by atomic mass is 19.1. The summed E-state index contributed by atoms with van der Waals surface area (Å²) >= 11 is 0. The molecule has 0 fully saturated rings. The van der Waals surface area contributed by atoms with Crippen LogP contribution in [-0.4, -0.2) is 57.7 Å². The van der Waals surface area contributed by atoms with Crippen LogP contribution >= 0.6 is 0 Å². The van der Waals surface area contributed by atoms with Crippen molar-refractivity contribution in [1.29, 1.82) is 0 Å². The Morgan fingerprint density at radius 2 is 1.97 bits per heavy atom. The Balaban J connectivity index is 1.80. The minimum Gasteiger partial charge on any atom is -0.491 e. The van der Waals surface area contributed by atoms with Gasteiger partial charge in [0.15, 0.2) is 0 Å². The molecule has 0 aliphatic rings. The quantitative estimate of drug-likeness (QED) is 0.340. The molecule has 170 valence electrons. The number of anilines is 1. The van der Waals surface area contributed by atoms with Crippen molar-refractivity contribution < 1.29 is 24.1 Å². The fraction of sp³-hybridized carbons (Fsp3) is 0.304. The number of nitrogens with one attached hydrogen (secondary N) is 2. The molecule has 0 aliphatic carbocycles. The molecule has 0 spiro atoms. The lowest BCUT2D eigenvalue weighted by atomic mass is 10.1. The first-order valence-corrected chi connectivity index (χ1v) is 10.4. The van der Waals surface area contributed by atoms with Crippen LogP contribution in [0.5, 0.6) is 5.75 Å². The number of nitrogens with zero attached hydrogens (tertiary/aromatic N) is 2. The molecule has 8 nitrogen and oxygen atoms in total. The van der Waals surface area contributed by atoms with E-state index in [0.717, 1.165) is 11.1 Å². The number of carbonyl (C=O) groups excluding carboxylic acids is 1. The van der Waals surface area contributed by atoms with Gasteiger partial charge in [-0.3, -0.25) is 5.10 Å². The first-order valence-electron chi connectivity index (χ1n) is 10.4. The third-order valence-corrected chi connectivity index (χ3v) is 4.75. The number of hydrogen-bond acceptors (Lipinski definition) is 5. The van der Waals surface area contributed by atoms with E-state index in [1.807, 2.05) is 6.07 Å². The highest BCUT2D eigenvalue weighted by Gasteiger charge is 2.17. The maximum Gasteiger partial charge on any atom is 0.322 e. The molecule has 3 aromatic rings. The fourth-order valence-electron chi connectivity index (χ4n) is 3.14. The Morgan fingerprint density at radius 1 is 1.12 bits per heavy atom. The van der Waals surface area contributed by atoms with Crippen molar-refractivity contribution in [3.8, 4) is 16.9 Å². The second-order valence-corrected chi connectivity index (χ2v) is 7.18. The van der Waals surface area contributed by atoms with E-state index in [-0.39, 0.29) is 32.2 Å². The maximum absolute atomic E-state index is 13.6. The van der Waals surface area contributed by atoms with Gasteiger partial charge in [0.1, 0.15) is 11.6 Å². The summed E-state index contributed by atoms with van der Waals surface area (Å²) in [6, 6.07) is 11.0. The number of aliphatic hydroxyl groups is 2. The molecule has 0 saturated heterocycles. The van der Waals surface area contributed by atoms with E-state index in [0.29, 0.717) is 36.4 Å². The van der Waals surface area contributed by atoms with Crippen molar-refractivity contribution >= 4 is 11.7 Å². The van der Waals surface area contributed by atoms with Crippen molar-refractivity contribution in [1.82, 2.24) is 15.1 Å². The lowest BCUT2D eigenvalue weighted by Gasteiger charge is -2.24. The minimum absolute atomic E-state index is 0.00825. The van der Waals surface area contributed by atoms with Crippen LogP contribution in [0.15, 0.2) is 54.9 Å². The van der Waals surface area contributed by atoms with Gasteiger partial charge in [-0.05, 0) is 41.8 Å². The number of urea groups is 1. The predicted octanol–water partition coefficient (Wildman–Crippen LogP) is 3.39. The molecule has 0 radical (unpaired) electrons. The Labute approximate surface area is 185 Å². The summed E-state index contributed by atoms with van der Waals surface area (Å²) in [7, 11) is 0. The number of amides is 2. The molecule has 4 N–H and O–H groups in total. The number of halogens is 1. The third kappa shape index (κ3) is 6.53. The lowest BCUT2D eigenvalue weighted by molar-refractivity contribution is 0.198. The van der Waals surface area contributed by atoms with Gasteiger partial charge < -0.3 is 25.2 Å². The number of ether oxygens (including phenoxy) is 1. The molecule has 2 amide bonds. The van der Waals surface area contributed by atoms with Gasteiger partial charge in [-0.1, -0.05) is 18.2 Å². The van der Waals surface area contributed by atoms with Crippen molar-refractivity contribution in [2.24, 2.45) is 0 Å². The van der Waals surface area contributed by atoms with E-state index in [2.05, 4.69) is 15.5 Å². The molecule has 0 saturated carbocycles. The van der Waals surface area contributed by atoms with Crippen LogP contribution in [0.2, 0.25) is 0 Å². The Kier molecular flexibility index (Phi) is 8.59. The zero-order chi connectivity index (χ0) is 22.8. The highest BCUT2D eigenvalue weighted by molar-refractivity contribution is 5.91. The van der Waals surface area contributed by atoms with Gasteiger partial charge in [0.05, 0.1) is 18.5 Å². The van der Waals surface area contributed by atoms with E-state index >= 15 is 0 Å². The summed E-state index contributed by atoms with van der Waals surface area (Å²) in [5.41, 5.74) is 2.83. The SMILES string of the molecule is O=C(Nc1ccc(-c2cn[nH]c2)cc1OCCCO)N(CCCO)Cc1cccc(F)c1. The van der Waals surface area contributed by atoms with Gasteiger partial charge in [-0.15, -0.1) is 0 Å². The van der Waals surface area contributed by atoms with Crippen LogP contribution in [0.25, 0.3) is 11.1 Å². The summed E-state index contributed by atoms with van der Waals surface area (Å²) in [5, 5.41) is 27.8.